The molecule has 0 fully saturated rings. The van der Waals surface area contributed by atoms with E-state index in [0.29, 0.717) is 30.5 Å². The lowest BCUT2D eigenvalue weighted by molar-refractivity contribution is 0.0953. The van der Waals surface area contributed by atoms with Crippen molar-refractivity contribution in [3.63, 3.8) is 0 Å². The monoisotopic (exact) mass is 362 g/mol. The van der Waals surface area contributed by atoms with Crippen LogP contribution in [0.2, 0.25) is 0 Å². The van der Waals surface area contributed by atoms with Crippen LogP contribution in [0.3, 0.4) is 0 Å². The Bertz CT molecular complexity index is 997. The average Bonchev–Trinajstić information content (AvgIpc) is 2.69. The molecular formula is C21H22N4O2. The van der Waals surface area contributed by atoms with Crippen LogP contribution in [0.5, 0.6) is 0 Å². The van der Waals surface area contributed by atoms with Gasteiger partial charge in [-0.2, -0.15) is 0 Å². The first kappa shape index (κ1) is 18.5. The number of pyridine rings is 3. The van der Waals surface area contributed by atoms with Crippen molar-refractivity contribution in [1.29, 1.82) is 0 Å². The Hall–Kier alpha value is -3.28. The number of hydrogen-bond donors (Lipinski definition) is 2. The fourth-order valence-electron chi connectivity index (χ4n) is 2.89. The van der Waals surface area contributed by atoms with Crippen molar-refractivity contribution in [2.75, 3.05) is 6.54 Å². The Kier molecular flexibility index (Phi) is 5.76. The van der Waals surface area contributed by atoms with Crippen LogP contribution in [0.25, 0.3) is 11.1 Å². The fourth-order valence-corrected chi connectivity index (χ4v) is 2.89. The summed E-state index contributed by atoms with van der Waals surface area (Å²) in [5, 5.41) is 2.90. The summed E-state index contributed by atoms with van der Waals surface area (Å²) in [6.45, 7) is 4.28. The number of amides is 1. The minimum atomic E-state index is -0.182. The SMILES string of the molecule is CCc1cc(-c2cncc(C(=O)NCCc3ccccn3)c2)c(C)[nH]c1=O. The van der Waals surface area contributed by atoms with Crippen LogP contribution in [-0.4, -0.2) is 27.4 Å². The zero-order valence-corrected chi connectivity index (χ0v) is 15.5. The average molecular weight is 362 g/mol. The van der Waals surface area contributed by atoms with E-state index in [1.165, 1.54) is 0 Å². The van der Waals surface area contributed by atoms with Gasteiger partial charge in [0.25, 0.3) is 11.5 Å². The van der Waals surface area contributed by atoms with Gasteiger partial charge in [0, 0.05) is 59.6 Å². The summed E-state index contributed by atoms with van der Waals surface area (Å²) in [5.74, 6) is -0.182. The molecule has 0 saturated carbocycles. The number of aryl methyl sites for hydroxylation is 2. The molecular weight excluding hydrogens is 340 g/mol. The van der Waals surface area contributed by atoms with Gasteiger partial charge >= 0.3 is 0 Å². The van der Waals surface area contributed by atoms with E-state index >= 15 is 0 Å². The standard InChI is InChI=1S/C21H22N4O2/c1-3-15-11-19(14(2)25-21(15)27)16-10-17(13-22-12-16)20(26)24-9-7-18-6-4-5-8-23-18/h4-6,8,10-13H,3,7,9H2,1-2H3,(H,24,26)(H,25,27). The highest BCUT2D eigenvalue weighted by atomic mass is 16.1. The number of carbonyl (C=O) groups is 1. The highest BCUT2D eigenvalue weighted by Crippen LogP contribution is 2.22. The molecule has 0 bridgehead atoms. The Labute approximate surface area is 157 Å². The van der Waals surface area contributed by atoms with Gasteiger partial charge in [0.1, 0.15) is 0 Å². The Balaban J connectivity index is 1.75. The normalized spacial score (nSPS) is 10.6. The van der Waals surface area contributed by atoms with E-state index in [1.54, 1.807) is 24.7 Å². The molecule has 138 valence electrons. The molecule has 0 aliphatic rings. The van der Waals surface area contributed by atoms with Gasteiger partial charge in [-0.25, -0.2) is 0 Å². The number of H-pyrrole nitrogens is 1. The molecule has 0 atom stereocenters. The third-order valence-electron chi connectivity index (χ3n) is 4.40. The second-order valence-electron chi connectivity index (χ2n) is 6.31. The van der Waals surface area contributed by atoms with Gasteiger partial charge in [-0.3, -0.25) is 19.6 Å². The molecule has 6 nitrogen and oxygen atoms in total. The molecule has 0 unspecified atom stereocenters. The van der Waals surface area contributed by atoms with Gasteiger partial charge in [0.2, 0.25) is 0 Å². The molecule has 27 heavy (non-hydrogen) atoms. The lowest BCUT2D eigenvalue weighted by Crippen LogP contribution is -2.26. The van der Waals surface area contributed by atoms with E-state index in [9.17, 15) is 9.59 Å². The maximum Gasteiger partial charge on any atom is 0.252 e. The summed E-state index contributed by atoms with van der Waals surface area (Å²) in [5.41, 5.74) is 4.48. The van der Waals surface area contributed by atoms with Crippen molar-refractivity contribution in [2.45, 2.75) is 26.7 Å². The van der Waals surface area contributed by atoms with Crippen molar-refractivity contribution >= 4 is 5.91 Å². The molecule has 2 N–H and O–H groups in total. The van der Waals surface area contributed by atoms with Crippen LogP contribution in [0, 0.1) is 6.92 Å². The summed E-state index contributed by atoms with van der Waals surface area (Å²) in [6.07, 6.45) is 6.29. The van der Waals surface area contributed by atoms with Gasteiger partial charge in [-0.05, 0) is 37.6 Å². The molecule has 0 aliphatic heterocycles. The Morgan fingerprint density at radius 1 is 1.22 bits per heavy atom. The molecule has 0 saturated heterocycles. The number of nitrogens with one attached hydrogen (secondary N) is 2. The summed E-state index contributed by atoms with van der Waals surface area (Å²) in [6, 6.07) is 9.38. The van der Waals surface area contributed by atoms with E-state index in [4.69, 9.17) is 0 Å². The minimum absolute atomic E-state index is 0.0740. The molecule has 3 aromatic rings. The lowest BCUT2D eigenvalue weighted by Gasteiger charge is -2.10. The van der Waals surface area contributed by atoms with Crippen molar-refractivity contribution in [1.82, 2.24) is 20.3 Å². The van der Waals surface area contributed by atoms with Crippen LogP contribution in [0.15, 0.2) is 53.7 Å². The third kappa shape index (κ3) is 4.47. The molecule has 0 aromatic carbocycles. The topological polar surface area (TPSA) is 87.7 Å². The van der Waals surface area contributed by atoms with Gasteiger partial charge in [0.05, 0.1) is 5.56 Å². The van der Waals surface area contributed by atoms with Gasteiger partial charge < -0.3 is 10.3 Å². The van der Waals surface area contributed by atoms with Gasteiger partial charge in [-0.15, -0.1) is 0 Å². The molecule has 0 spiro atoms. The van der Waals surface area contributed by atoms with Crippen molar-refractivity contribution in [3.05, 3.63) is 81.8 Å². The molecule has 0 aliphatic carbocycles. The van der Waals surface area contributed by atoms with E-state index in [1.807, 2.05) is 38.1 Å². The van der Waals surface area contributed by atoms with Gasteiger partial charge in [0.15, 0.2) is 0 Å². The first-order valence-corrected chi connectivity index (χ1v) is 8.94. The predicted molar refractivity (Wildman–Crippen MR) is 105 cm³/mol. The van der Waals surface area contributed by atoms with E-state index in [0.717, 1.165) is 22.5 Å². The highest BCUT2D eigenvalue weighted by molar-refractivity contribution is 5.95. The van der Waals surface area contributed by atoms with Crippen molar-refractivity contribution in [3.8, 4) is 11.1 Å². The maximum atomic E-state index is 12.5. The van der Waals surface area contributed by atoms with E-state index in [2.05, 4.69) is 20.3 Å². The quantitative estimate of drug-likeness (QED) is 0.706. The number of aromatic nitrogens is 3. The van der Waals surface area contributed by atoms with Crippen LogP contribution >= 0.6 is 0 Å². The highest BCUT2D eigenvalue weighted by Gasteiger charge is 2.11. The first-order chi connectivity index (χ1) is 13.1. The summed E-state index contributed by atoms with van der Waals surface area (Å²) >= 11 is 0. The molecule has 3 rings (SSSR count). The summed E-state index contributed by atoms with van der Waals surface area (Å²) < 4.78 is 0. The Morgan fingerprint density at radius 3 is 2.81 bits per heavy atom. The summed E-state index contributed by atoms with van der Waals surface area (Å²) in [7, 11) is 0. The number of hydrogen-bond acceptors (Lipinski definition) is 4. The fraction of sp³-hybridized carbons (Fsp3) is 0.238. The number of rotatable bonds is 6. The van der Waals surface area contributed by atoms with E-state index < -0.39 is 0 Å². The van der Waals surface area contributed by atoms with Crippen LogP contribution in [0.4, 0.5) is 0 Å². The van der Waals surface area contributed by atoms with Crippen LogP contribution in [0.1, 0.15) is 34.2 Å². The maximum absolute atomic E-state index is 12.5. The smallest absolute Gasteiger partial charge is 0.252 e. The van der Waals surface area contributed by atoms with Crippen molar-refractivity contribution in [2.24, 2.45) is 0 Å². The zero-order valence-electron chi connectivity index (χ0n) is 15.5. The third-order valence-corrected chi connectivity index (χ3v) is 4.40. The lowest BCUT2D eigenvalue weighted by atomic mass is 10.0. The summed E-state index contributed by atoms with van der Waals surface area (Å²) in [4.78, 5) is 35.7. The molecule has 6 heteroatoms. The second kappa shape index (κ2) is 8.40. The predicted octanol–water partition coefficient (Wildman–Crippen LogP) is 2.68. The number of carbonyl (C=O) groups excluding carboxylic acids is 1. The minimum Gasteiger partial charge on any atom is -0.352 e. The van der Waals surface area contributed by atoms with Crippen molar-refractivity contribution < 1.29 is 4.79 Å². The molecule has 0 radical (unpaired) electrons. The molecule has 3 aromatic heterocycles. The first-order valence-electron chi connectivity index (χ1n) is 8.94. The second-order valence-corrected chi connectivity index (χ2v) is 6.31. The zero-order chi connectivity index (χ0) is 19.2. The van der Waals surface area contributed by atoms with E-state index in [-0.39, 0.29) is 11.5 Å². The van der Waals surface area contributed by atoms with Gasteiger partial charge in [-0.1, -0.05) is 13.0 Å². The van der Waals surface area contributed by atoms with Crippen LogP contribution < -0.4 is 10.9 Å². The van der Waals surface area contributed by atoms with Crippen LogP contribution in [-0.2, 0) is 12.8 Å². The molecule has 1 amide bonds. The Morgan fingerprint density at radius 2 is 2.07 bits per heavy atom. The largest absolute Gasteiger partial charge is 0.352 e. The molecule has 3 heterocycles. The number of nitrogens with zero attached hydrogens (tertiary/aromatic N) is 2. The number of aromatic amines is 1.